The number of rotatable bonds is 10. The van der Waals surface area contributed by atoms with Crippen molar-refractivity contribution in [1.82, 2.24) is 5.32 Å². The first-order valence-electron chi connectivity index (χ1n) is 21.0. The van der Waals surface area contributed by atoms with Gasteiger partial charge in [0, 0.05) is 42.1 Å². The van der Waals surface area contributed by atoms with E-state index in [-0.39, 0.29) is 24.7 Å². The molecule has 320 valence electrons. The fourth-order valence-electron chi connectivity index (χ4n) is 11.0. The van der Waals surface area contributed by atoms with Gasteiger partial charge in [0.2, 0.25) is 0 Å². The highest BCUT2D eigenvalue weighted by Gasteiger charge is 2.77. The zero-order valence-corrected chi connectivity index (χ0v) is 36.3. The van der Waals surface area contributed by atoms with Gasteiger partial charge in [-0.15, -0.1) is 0 Å². The molecule has 12 nitrogen and oxygen atoms in total. The Labute approximate surface area is 343 Å². The topological polar surface area (TPSA) is 156 Å². The number of benzene rings is 1. The van der Waals surface area contributed by atoms with E-state index < -0.39 is 93.8 Å². The van der Waals surface area contributed by atoms with Crippen LogP contribution in [0.5, 0.6) is 0 Å². The first kappa shape index (κ1) is 43.8. The Balaban J connectivity index is 1.48. The molecule has 1 aromatic carbocycles. The molecule has 3 saturated carbocycles. The minimum atomic E-state index is -1.86. The summed E-state index contributed by atoms with van der Waals surface area (Å²) in [5, 5.41) is 16.6. The van der Waals surface area contributed by atoms with Gasteiger partial charge in [0.25, 0.3) is 0 Å². The molecule has 1 unspecified atom stereocenters. The number of hydrogen-bond donors (Lipinski definition) is 2. The number of nitrogens with one attached hydrogen (secondary N) is 1. The number of amides is 1. The van der Waals surface area contributed by atoms with Gasteiger partial charge in [-0.2, -0.15) is 0 Å². The molecular weight excluding hydrogens is 743 g/mol. The molecule has 1 heterocycles. The van der Waals surface area contributed by atoms with Crippen LogP contribution < -0.4 is 5.32 Å². The molecular formula is C46H65NO11. The maximum Gasteiger partial charge on any atom is 0.407 e. The molecule has 1 amide bonds. The number of fused-ring (bicyclic) bond motifs is 4. The molecule has 11 atom stereocenters. The lowest BCUT2D eigenvalue weighted by molar-refractivity contribution is -0.396. The summed E-state index contributed by atoms with van der Waals surface area (Å²) < 4.78 is 38.8. The predicted octanol–water partition coefficient (Wildman–Crippen LogP) is 7.76. The van der Waals surface area contributed by atoms with Crippen LogP contribution in [0.25, 0.3) is 0 Å². The normalized spacial score (nSPS) is 36.7. The van der Waals surface area contributed by atoms with Crippen molar-refractivity contribution < 1.29 is 52.7 Å². The average Bonchev–Trinajstić information content (AvgIpc) is 3.10. The van der Waals surface area contributed by atoms with Crippen molar-refractivity contribution in [3.8, 4) is 0 Å². The van der Waals surface area contributed by atoms with Gasteiger partial charge in [-0.1, -0.05) is 65.0 Å². The third-order valence-electron chi connectivity index (χ3n) is 14.0. The van der Waals surface area contributed by atoms with Crippen molar-refractivity contribution in [2.45, 2.75) is 174 Å². The Morgan fingerprint density at radius 2 is 1.69 bits per heavy atom. The van der Waals surface area contributed by atoms with Gasteiger partial charge >= 0.3 is 24.0 Å². The van der Waals surface area contributed by atoms with Crippen LogP contribution in [0.4, 0.5) is 4.79 Å². The van der Waals surface area contributed by atoms with Gasteiger partial charge in [-0.25, -0.2) is 9.59 Å². The first-order chi connectivity index (χ1) is 26.9. The zero-order chi connectivity index (χ0) is 42.8. The fraction of sp³-hybridized carbons (Fsp3) is 0.696. The van der Waals surface area contributed by atoms with Crippen molar-refractivity contribution in [1.29, 1.82) is 0 Å². The number of aliphatic hydroxyl groups is 1. The number of carbonyl (C=O) groups excluding carboxylic acids is 4. The summed E-state index contributed by atoms with van der Waals surface area (Å²) in [4.78, 5) is 54.4. The highest BCUT2D eigenvalue weighted by Crippen LogP contribution is 2.70. The lowest BCUT2D eigenvalue weighted by Crippen LogP contribution is -2.79. The number of ether oxygens (including phenoxy) is 6. The Hall–Kier alpha value is -3.74. The summed E-state index contributed by atoms with van der Waals surface area (Å²) in [6.07, 6.45) is 0.134. The molecule has 12 heteroatoms. The molecule has 4 fully saturated rings. The molecule has 1 aliphatic heterocycles. The molecule has 1 saturated heterocycles. The van der Waals surface area contributed by atoms with Crippen molar-refractivity contribution >= 4 is 24.0 Å². The Kier molecular flexibility index (Phi) is 11.6. The molecule has 0 aromatic heterocycles. The Morgan fingerprint density at radius 3 is 2.26 bits per heavy atom. The maximum absolute atomic E-state index is 14.4. The second-order valence-electron chi connectivity index (χ2n) is 19.8. The second kappa shape index (κ2) is 15.4. The number of hydrogen-bond acceptors (Lipinski definition) is 11. The molecule has 6 rings (SSSR count). The van der Waals surface area contributed by atoms with E-state index in [1.807, 2.05) is 41.5 Å². The molecule has 58 heavy (non-hydrogen) atoms. The zero-order valence-electron chi connectivity index (χ0n) is 36.3. The molecule has 0 spiro atoms. The Morgan fingerprint density at radius 1 is 1.03 bits per heavy atom. The van der Waals surface area contributed by atoms with Crippen LogP contribution >= 0.6 is 0 Å². The minimum Gasteiger partial charge on any atom is -0.458 e. The predicted molar refractivity (Wildman–Crippen MR) is 215 cm³/mol. The van der Waals surface area contributed by atoms with Crippen LogP contribution in [0.2, 0.25) is 0 Å². The second-order valence-corrected chi connectivity index (χ2v) is 19.8. The summed E-state index contributed by atoms with van der Waals surface area (Å²) in [6, 6.07) is 8.03. The van der Waals surface area contributed by atoms with Crippen LogP contribution in [0.1, 0.15) is 131 Å². The lowest BCUT2D eigenvalue weighted by Gasteiger charge is -2.71. The molecule has 2 bridgehead atoms. The highest BCUT2D eigenvalue weighted by molar-refractivity contribution is 5.89. The van der Waals surface area contributed by atoms with E-state index in [1.165, 1.54) is 6.92 Å². The molecule has 0 radical (unpaired) electrons. The Bertz CT molecular complexity index is 1820. The van der Waals surface area contributed by atoms with E-state index in [0.29, 0.717) is 31.2 Å². The monoisotopic (exact) mass is 807 g/mol. The summed E-state index contributed by atoms with van der Waals surface area (Å²) in [5.41, 5.74) is -3.87. The third-order valence-corrected chi connectivity index (χ3v) is 14.0. The van der Waals surface area contributed by atoms with Crippen molar-refractivity contribution in [2.24, 2.45) is 28.6 Å². The van der Waals surface area contributed by atoms with E-state index in [4.69, 9.17) is 28.4 Å². The molecule has 2 N–H and O–H groups in total. The standard InChI is InChI=1S/C46H65NO11/c1-13-43(11)56-34-22-30-19-20-45(30,55-28(5)48)37-38(54-39(50)29-17-15-14-16-18-29)46(52)25-33(27(4)32(42(46,9)10)24-35(57-43)44(34,37)12)53-36(49)23-31(21-26(2)3)47-40(51)58-41(6,7)8/h13-18,26,30-31,33-35,37-38,52H,1,19-25H2,2-12H3,(H,47,51)/t30-,31+,33+,34+,35+,37+,38+,43?,44+,45+,46-/m1/s1. The number of alkyl carbamates (subject to hydrolysis) is 1. The van der Waals surface area contributed by atoms with Crippen LogP contribution in [0.3, 0.4) is 0 Å². The fourth-order valence-corrected chi connectivity index (χ4v) is 11.0. The van der Waals surface area contributed by atoms with Gasteiger partial charge in [-0.3, -0.25) is 9.59 Å². The van der Waals surface area contributed by atoms with Crippen LogP contribution in [0.15, 0.2) is 54.1 Å². The van der Waals surface area contributed by atoms with E-state index >= 15 is 0 Å². The first-order valence-corrected chi connectivity index (χ1v) is 21.0. The molecule has 4 aliphatic carbocycles. The van der Waals surface area contributed by atoms with Gasteiger partial charge in [0.15, 0.2) is 5.79 Å². The van der Waals surface area contributed by atoms with E-state index in [2.05, 4.69) is 18.8 Å². The van der Waals surface area contributed by atoms with Crippen LogP contribution in [0, 0.1) is 28.6 Å². The van der Waals surface area contributed by atoms with Gasteiger partial charge in [0.1, 0.15) is 29.0 Å². The lowest BCUT2D eigenvalue weighted by atomic mass is 9.40. The summed E-state index contributed by atoms with van der Waals surface area (Å²) in [7, 11) is 0. The highest BCUT2D eigenvalue weighted by atomic mass is 16.7. The van der Waals surface area contributed by atoms with Crippen LogP contribution in [-0.4, -0.2) is 82.2 Å². The van der Waals surface area contributed by atoms with Crippen molar-refractivity contribution in [3.05, 3.63) is 59.7 Å². The largest absolute Gasteiger partial charge is 0.458 e. The summed E-state index contributed by atoms with van der Waals surface area (Å²) in [5.74, 6) is -3.66. The minimum absolute atomic E-state index is 0.114. The quantitative estimate of drug-likeness (QED) is 0.135. The third kappa shape index (κ3) is 7.73. The van der Waals surface area contributed by atoms with Crippen molar-refractivity contribution in [3.63, 3.8) is 0 Å². The molecule has 5 aliphatic rings. The van der Waals surface area contributed by atoms with E-state index in [1.54, 1.807) is 57.2 Å². The van der Waals surface area contributed by atoms with E-state index in [9.17, 15) is 24.3 Å². The van der Waals surface area contributed by atoms with Crippen molar-refractivity contribution in [2.75, 3.05) is 0 Å². The maximum atomic E-state index is 14.4. The van der Waals surface area contributed by atoms with Gasteiger partial charge in [0.05, 0.1) is 24.2 Å². The van der Waals surface area contributed by atoms with Crippen LogP contribution in [-0.2, 0) is 38.0 Å². The van der Waals surface area contributed by atoms with E-state index in [0.717, 1.165) is 17.6 Å². The van der Waals surface area contributed by atoms with Gasteiger partial charge in [-0.05, 0) is 96.4 Å². The number of carbonyl (C=O) groups is 4. The average molecular weight is 808 g/mol. The summed E-state index contributed by atoms with van der Waals surface area (Å²) in [6.45, 7) is 24.4. The molecule has 1 aromatic rings. The van der Waals surface area contributed by atoms with Gasteiger partial charge < -0.3 is 38.8 Å². The summed E-state index contributed by atoms with van der Waals surface area (Å²) >= 11 is 0. The number of esters is 3. The smallest absolute Gasteiger partial charge is 0.407 e. The SMILES string of the molecule is C=CC1(C)O[C@H]2CC3=C(C)[C@@H](OC(=O)C[C@H](CC(C)C)NC(=O)OC(C)(C)C)C[C@@](O)([C@@H](OC(=O)c4ccccc4)[C@@H]4[C@]5(OC(C)=O)CC[C@@H]5C[C@H](O1)[C@@]24C)C3(C)C.